The number of carbonyl (C=O) groups excluding carboxylic acids is 1. The fraction of sp³-hybridized carbons (Fsp3) is 0.192. The summed E-state index contributed by atoms with van der Waals surface area (Å²) in [7, 11) is -0.574. The molecule has 176 valence electrons. The van der Waals surface area contributed by atoms with E-state index in [0.717, 1.165) is 11.1 Å². The van der Waals surface area contributed by atoms with Crippen LogP contribution in [0.2, 0.25) is 0 Å². The SMILES string of the molecule is COc1ccc(NC(=O)Cn2cc(S(=O)(=O)Cc3ccccc3C)c3ccccc32)cc1OC. The summed E-state index contributed by atoms with van der Waals surface area (Å²) in [6.07, 6.45) is 1.55. The van der Waals surface area contributed by atoms with Crippen molar-refractivity contribution in [3.8, 4) is 11.5 Å². The summed E-state index contributed by atoms with van der Waals surface area (Å²) in [5, 5.41) is 3.42. The van der Waals surface area contributed by atoms with Crippen molar-refractivity contribution in [2.75, 3.05) is 19.5 Å². The number of sulfone groups is 1. The van der Waals surface area contributed by atoms with Crippen molar-refractivity contribution in [1.29, 1.82) is 0 Å². The molecule has 1 heterocycles. The molecule has 0 saturated heterocycles. The highest BCUT2D eigenvalue weighted by molar-refractivity contribution is 7.90. The third kappa shape index (κ3) is 4.77. The Labute approximate surface area is 198 Å². The predicted molar refractivity (Wildman–Crippen MR) is 132 cm³/mol. The maximum atomic E-state index is 13.3. The first kappa shape index (κ1) is 23.4. The second-order valence-corrected chi connectivity index (χ2v) is 9.90. The lowest BCUT2D eigenvalue weighted by atomic mass is 10.1. The van der Waals surface area contributed by atoms with E-state index in [4.69, 9.17) is 9.47 Å². The number of hydrogen-bond acceptors (Lipinski definition) is 5. The molecular weight excluding hydrogens is 452 g/mol. The van der Waals surface area contributed by atoms with E-state index < -0.39 is 9.84 Å². The summed E-state index contributed by atoms with van der Waals surface area (Å²) in [5.74, 6) is 0.651. The maximum absolute atomic E-state index is 13.3. The number of carbonyl (C=O) groups is 1. The zero-order valence-corrected chi connectivity index (χ0v) is 20.1. The van der Waals surface area contributed by atoms with Gasteiger partial charge in [0, 0.05) is 28.9 Å². The number of nitrogens with one attached hydrogen (secondary N) is 1. The van der Waals surface area contributed by atoms with Gasteiger partial charge in [0.2, 0.25) is 5.91 Å². The Morgan fingerprint density at radius 1 is 0.941 bits per heavy atom. The summed E-state index contributed by atoms with van der Waals surface area (Å²) in [6.45, 7) is 1.85. The normalized spacial score (nSPS) is 11.4. The van der Waals surface area contributed by atoms with Crippen molar-refractivity contribution in [2.45, 2.75) is 24.1 Å². The Balaban J connectivity index is 1.62. The third-order valence-corrected chi connectivity index (χ3v) is 7.36. The molecule has 1 N–H and O–H groups in total. The standard InChI is InChI=1S/C26H26N2O5S/c1-18-8-4-5-9-19(18)17-34(30,31)25-15-28(22-11-7-6-10-21(22)25)16-26(29)27-20-12-13-23(32-2)24(14-20)33-3/h4-15H,16-17H2,1-3H3,(H,27,29). The van der Waals surface area contributed by atoms with Crippen molar-refractivity contribution in [1.82, 2.24) is 4.57 Å². The number of para-hydroxylation sites is 1. The second-order valence-electron chi connectivity index (χ2n) is 7.94. The molecule has 7 nitrogen and oxygen atoms in total. The smallest absolute Gasteiger partial charge is 0.244 e. The average Bonchev–Trinajstić information content (AvgIpc) is 3.19. The fourth-order valence-electron chi connectivity index (χ4n) is 3.92. The minimum Gasteiger partial charge on any atom is -0.493 e. The van der Waals surface area contributed by atoms with Crippen molar-refractivity contribution < 1.29 is 22.7 Å². The number of hydrogen-bond donors (Lipinski definition) is 1. The van der Waals surface area contributed by atoms with Gasteiger partial charge in [-0.1, -0.05) is 42.5 Å². The molecule has 0 unspecified atom stereocenters. The minimum atomic E-state index is -3.64. The highest BCUT2D eigenvalue weighted by Gasteiger charge is 2.23. The molecule has 0 bridgehead atoms. The predicted octanol–water partition coefficient (Wildman–Crippen LogP) is 4.58. The van der Waals surface area contributed by atoms with Crippen LogP contribution in [0.5, 0.6) is 11.5 Å². The Hall–Kier alpha value is -3.78. The van der Waals surface area contributed by atoms with E-state index in [2.05, 4.69) is 5.32 Å². The minimum absolute atomic E-state index is 0.0469. The van der Waals surface area contributed by atoms with Crippen molar-refractivity contribution >= 4 is 32.3 Å². The van der Waals surface area contributed by atoms with Gasteiger partial charge in [0.25, 0.3) is 0 Å². The van der Waals surface area contributed by atoms with Gasteiger partial charge >= 0.3 is 0 Å². The van der Waals surface area contributed by atoms with Gasteiger partial charge in [0.15, 0.2) is 21.3 Å². The van der Waals surface area contributed by atoms with E-state index in [9.17, 15) is 13.2 Å². The summed E-state index contributed by atoms with van der Waals surface area (Å²) in [6, 6.07) is 19.7. The van der Waals surface area contributed by atoms with E-state index in [1.807, 2.05) is 43.3 Å². The number of amides is 1. The van der Waals surface area contributed by atoms with Crippen LogP contribution in [0, 0.1) is 6.92 Å². The Bertz CT molecular complexity index is 1460. The first-order valence-corrected chi connectivity index (χ1v) is 12.3. The topological polar surface area (TPSA) is 86.6 Å². The monoisotopic (exact) mass is 478 g/mol. The first-order valence-electron chi connectivity index (χ1n) is 10.7. The quantitative estimate of drug-likeness (QED) is 0.401. The molecule has 0 aliphatic heterocycles. The lowest BCUT2D eigenvalue weighted by molar-refractivity contribution is -0.116. The number of aryl methyl sites for hydroxylation is 1. The average molecular weight is 479 g/mol. The van der Waals surface area contributed by atoms with Gasteiger partial charge in [-0.2, -0.15) is 0 Å². The van der Waals surface area contributed by atoms with Crippen LogP contribution >= 0.6 is 0 Å². The van der Waals surface area contributed by atoms with E-state index in [-0.39, 0.29) is 23.1 Å². The molecule has 4 rings (SSSR count). The molecular formula is C26H26N2O5S. The summed E-state index contributed by atoms with van der Waals surface area (Å²) in [4.78, 5) is 13.0. The van der Waals surface area contributed by atoms with Crippen LogP contribution in [0.15, 0.2) is 77.8 Å². The van der Waals surface area contributed by atoms with Crippen LogP contribution in [0.1, 0.15) is 11.1 Å². The number of ether oxygens (including phenoxy) is 2. The Morgan fingerprint density at radius 2 is 1.65 bits per heavy atom. The van der Waals surface area contributed by atoms with Gasteiger partial charge in [0.1, 0.15) is 6.54 Å². The number of benzene rings is 3. The largest absolute Gasteiger partial charge is 0.493 e. The number of nitrogens with zero attached hydrogens (tertiary/aromatic N) is 1. The molecule has 1 amide bonds. The highest BCUT2D eigenvalue weighted by Crippen LogP contribution is 2.31. The molecule has 1 aromatic heterocycles. The molecule has 4 aromatic rings. The summed E-state index contributed by atoms with van der Waals surface area (Å²) >= 11 is 0. The van der Waals surface area contributed by atoms with E-state index in [1.54, 1.807) is 41.1 Å². The van der Waals surface area contributed by atoms with Gasteiger partial charge in [-0.05, 0) is 36.2 Å². The van der Waals surface area contributed by atoms with Crippen LogP contribution < -0.4 is 14.8 Å². The zero-order valence-electron chi connectivity index (χ0n) is 19.2. The molecule has 0 spiro atoms. The molecule has 0 radical (unpaired) electrons. The number of anilines is 1. The van der Waals surface area contributed by atoms with Crippen LogP contribution in [0.3, 0.4) is 0 Å². The van der Waals surface area contributed by atoms with E-state index in [0.29, 0.717) is 28.1 Å². The third-order valence-electron chi connectivity index (χ3n) is 5.68. The fourth-order valence-corrected chi connectivity index (χ4v) is 5.60. The van der Waals surface area contributed by atoms with Crippen LogP contribution in [0.4, 0.5) is 5.69 Å². The van der Waals surface area contributed by atoms with E-state index in [1.165, 1.54) is 14.2 Å². The van der Waals surface area contributed by atoms with Crippen molar-refractivity contribution in [2.24, 2.45) is 0 Å². The molecule has 0 aliphatic rings. The van der Waals surface area contributed by atoms with Gasteiger partial charge in [0.05, 0.1) is 24.9 Å². The molecule has 0 fully saturated rings. The number of fused-ring (bicyclic) bond motifs is 1. The molecule has 3 aromatic carbocycles. The lowest BCUT2D eigenvalue weighted by Gasteiger charge is -2.11. The Kier molecular flexibility index (Phi) is 6.61. The number of methoxy groups -OCH3 is 2. The lowest BCUT2D eigenvalue weighted by Crippen LogP contribution is -2.18. The number of rotatable bonds is 8. The van der Waals surface area contributed by atoms with Gasteiger partial charge < -0.3 is 19.4 Å². The van der Waals surface area contributed by atoms with Crippen LogP contribution in [-0.2, 0) is 26.9 Å². The zero-order chi connectivity index (χ0) is 24.3. The van der Waals surface area contributed by atoms with Gasteiger partial charge in [-0.25, -0.2) is 8.42 Å². The molecule has 0 saturated carbocycles. The maximum Gasteiger partial charge on any atom is 0.244 e. The first-order chi connectivity index (χ1) is 16.3. The second kappa shape index (κ2) is 9.61. The molecule has 0 atom stereocenters. The molecule has 8 heteroatoms. The Morgan fingerprint density at radius 3 is 2.38 bits per heavy atom. The van der Waals surface area contributed by atoms with Gasteiger partial charge in [-0.3, -0.25) is 4.79 Å². The van der Waals surface area contributed by atoms with Crippen molar-refractivity contribution in [3.05, 3.63) is 84.1 Å². The summed E-state index contributed by atoms with van der Waals surface area (Å²) < 4.78 is 38.9. The van der Waals surface area contributed by atoms with Crippen LogP contribution in [-0.4, -0.2) is 33.1 Å². The van der Waals surface area contributed by atoms with E-state index >= 15 is 0 Å². The van der Waals surface area contributed by atoms with Gasteiger partial charge in [-0.15, -0.1) is 0 Å². The summed E-state index contributed by atoms with van der Waals surface area (Å²) in [5.41, 5.74) is 2.90. The molecule has 0 aliphatic carbocycles. The van der Waals surface area contributed by atoms with Crippen molar-refractivity contribution in [3.63, 3.8) is 0 Å². The number of aromatic nitrogens is 1. The highest BCUT2D eigenvalue weighted by atomic mass is 32.2. The molecule has 34 heavy (non-hydrogen) atoms. The van der Waals surface area contributed by atoms with Crippen LogP contribution in [0.25, 0.3) is 10.9 Å².